The molecule has 1 heterocycles. The third kappa shape index (κ3) is 2.78. The maximum absolute atomic E-state index is 11.6. The van der Waals surface area contributed by atoms with E-state index in [1.165, 1.54) is 16.9 Å². The summed E-state index contributed by atoms with van der Waals surface area (Å²) >= 11 is 11.9. The van der Waals surface area contributed by atoms with Crippen molar-refractivity contribution in [2.75, 3.05) is 5.73 Å². The molecule has 6 heteroatoms. The number of hydrogen-bond donors (Lipinski definition) is 1. The van der Waals surface area contributed by atoms with Crippen LogP contribution in [0, 0.1) is 0 Å². The molecule has 0 saturated heterocycles. The molecule has 2 rings (SSSR count). The zero-order valence-corrected chi connectivity index (χ0v) is 10.2. The van der Waals surface area contributed by atoms with Gasteiger partial charge < -0.3 is 5.73 Å². The Kier molecular flexibility index (Phi) is 3.36. The first-order chi connectivity index (χ1) is 8.06. The van der Waals surface area contributed by atoms with E-state index in [1.54, 1.807) is 18.2 Å². The van der Waals surface area contributed by atoms with E-state index in [1.807, 2.05) is 0 Å². The van der Waals surface area contributed by atoms with Gasteiger partial charge in [-0.25, -0.2) is 4.68 Å². The fraction of sp³-hybridized carbons (Fsp3) is 0.0909. The number of nitrogens with two attached hydrogens (primary N) is 1. The van der Waals surface area contributed by atoms with Crippen LogP contribution in [-0.4, -0.2) is 9.78 Å². The second-order valence-electron chi connectivity index (χ2n) is 3.52. The highest BCUT2D eigenvalue weighted by Crippen LogP contribution is 2.20. The molecule has 2 aromatic rings. The molecular weight excluding hydrogens is 261 g/mol. The van der Waals surface area contributed by atoms with Gasteiger partial charge in [0.25, 0.3) is 5.56 Å². The molecule has 0 fully saturated rings. The normalized spacial score (nSPS) is 10.5. The number of nitrogen functional groups attached to an aromatic ring is 1. The Bertz CT molecular complexity index is 610. The number of aromatic nitrogens is 2. The van der Waals surface area contributed by atoms with Crippen LogP contribution in [0.25, 0.3) is 0 Å². The van der Waals surface area contributed by atoms with Crippen molar-refractivity contribution in [3.8, 4) is 0 Å². The fourth-order valence-corrected chi connectivity index (χ4v) is 1.76. The Labute approximate surface area is 108 Å². The summed E-state index contributed by atoms with van der Waals surface area (Å²) < 4.78 is 1.27. The quantitative estimate of drug-likeness (QED) is 0.909. The summed E-state index contributed by atoms with van der Waals surface area (Å²) in [4.78, 5) is 11.6. The predicted molar refractivity (Wildman–Crippen MR) is 68.5 cm³/mol. The first kappa shape index (κ1) is 12.0. The van der Waals surface area contributed by atoms with Gasteiger partial charge in [-0.15, -0.1) is 0 Å². The average Bonchev–Trinajstić information content (AvgIpc) is 2.27. The smallest absolute Gasteiger partial charge is 0.269 e. The van der Waals surface area contributed by atoms with Crippen molar-refractivity contribution in [2.24, 2.45) is 0 Å². The van der Waals surface area contributed by atoms with Crippen LogP contribution in [0.4, 0.5) is 5.69 Å². The van der Waals surface area contributed by atoms with Crippen LogP contribution in [0.15, 0.2) is 35.3 Å². The second kappa shape index (κ2) is 4.77. The third-order valence-corrected chi connectivity index (χ3v) is 2.82. The van der Waals surface area contributed by atoms with E-state index in [9.17, 15) is 4.79 Å². The lowest BCUT2D eigenvalue weighted by molar-refractivity contribution is 0.640. The van der Waals surface area contributed by atoms with Gasteiger partial charge in [0.1, 0.15) is 0 Å². The molecule has 1 aromatic carbocycles. The van der Waals surface area contributed by atoms with Crippen LogP contribution in [0.1, 0.15) is 5.56 Å². The van der Waals surface area contributed by atoms with Gasteiger partial charge in [-0.2, -0.15) is 5.10 Å². The molecule has 4 nitrogen and oxygen atoms in total. The second-order valence-corrected chi connectivity index (χ2v) is 4.36. The van der Waals surface area contributed by atoms with Crippen molar-refractivity contribution >= 4 is 28.9 Å². The number of benzene rings is 1. The lowest BCUT2D eigenvalue weighted by Gasteiger charge is -2.06. The molecule has 0 amide bonds. The minimum absolute atomic E-state index is 0.262. The summed E-state index contributed by atoms with van der Waals surface area (Å²) in [6.45, 7) is 0.262. The zero-order chi connectivity index (χ0) is 12.4. The van der Waals surface area contributed by atoms with Crippen LogP contribution >= 0.6 is 23.2 Å². The van der Waals surface area contributed by atoms with Gasteiger partial charge in [0.15, 0.2) is 0 Å². The standard InChI is InChI=1S/C11H9Cl2N3O/c12-8-1-2-10(13)7(3-8)6-16-11(17)4-9(14)5-15-16/h1-5H,6,14H2. The van der Waals surface area contributed by atoms with Gasteiger partial charge >= 0.3 is 0 Å². The van der Waals surface area contributed by atoms with Gasteiger partial charge in [-0.05, 0) is 23.8 Å². The van der Waals surface area contributed by atoms with Crippen molar-refractivity contribution in [1.29, 1.82) is 0 Å². The van der Waals surface area contributed by atoms with Crippen LogP contribution in [0.2, 0.25) is 10.0 Å². The van der Waals surface area contributed by atoms with E-state index < -0.39 is 0 Å². The number of halogens is 2. The molecule has 0 atom stereocenters. The van der Waals surface area contributed by atoms with E-state index >= 15 is 0 Å². The van der Waals surface area contributed by atoms with Crippen molar-refractivity contribution in [3.05, 3.63) is 56.4 Å². The van der Waals surface area contributed by atoms with Gasteiger partial charge in [-0.1, -0.05) is 23.2 Å². The van der Waals surface area contributed by atoms with Gasteiger partial charge in [0, 0.05) is 16.1 Å². The van der Waals surface area contributed by atoms with Gasteiger partial charge in [0.05, 0.1) is 18.4 Å². The Morgan fingerprint density at radius 3 is 2.76 bits per heavy atom. The maximum Gasteiger partial charge on any atom is 0.269 e. The highest BCUT2D eigenvalue weighted by atomic mass is 35.5. The van der Waals surface area contributed by atoms with Crippen LogP contribution in [0.5, 0.6) is 0 Å². The van der Waals surface area contributed by atoms with E-state index in [4.69, 9.17) is 28.9 Å². The Balaban J connectivity index is 2.38. The zero-order valence-electron chi connectivity index (χ0n) is 8.73. The Hall–Kier alpha value is -1.52. The number of hydrogen-bond acceptors (Lipinski definition) is 3. The lowest BCUT2D eigenvalue weighted by atomic mass is 10.2. The molecular formula is C11H9Cl2N3O. The number of nitrogens with zero attached hydrogens (tertiary/aromatic N) is 2. The summed E-state index contributed by atoms with van der Waals surface area (Å²) in [5.74, 6) is 0. The largest absolute Gasteiger partial charge is 0.397 e. The molecule has 0 unspecified atom stereocenters. The van der Waals surface area contributed by atoms with Crippen molar-refractivity contribution in [2.45, 2.75) is 6.54 Å². The van der Waals surface area contributed by atoms with Crippen LogP contribution < -0.4 is 11.3 Å². The summed E-state index contributed by atoms with van der Waals surface area (Å²) in [5.41, 5.74) is 6.25. The topological polar surface area (TPSA) is 60.9 Å². The Morgan fingerprint density at radius 2 is 2.06 bits per heavy atom. The molecule has 0 radical (unpaired) electrons. The molecule has 17 heavy (non-hydrogen) atoms. The summed E-state index contributed by atoms with van der Waals surface area (Å²) in [5, 5.41) is 5.03. The predicted octanol–water partition coefficient (Wildman–Crippen LogP) is 2.18. The molecule has 0 spiro atoms. The minimum Gasteiger partial charge on any atom is -0.397 e. The van der Waals surface area contributed by atoms with Gasteiger partial charge in [0.2, 0.25) is 0 Å². The SMILES string of the molecule is Nc1cnn(Cc2cc(Cl)ccc2Cl)c(=O)c1. The molecule has 88 valence electrons. The van der Waals surface area contributed by atoms with Gasteiger partial charge in [-0.3, -0.25) is 4.79 Å². The monoisotopic (exact) mass is 269 g/mol. The summed E-state index contributed by atoms with van der Waals surface area (Å²) in [6.07, 6.45) is 1.42. The highest BCUT2D eigenvalue weighted by molar-refractivity contribution is 6.33. The average molecular weight is 270 g/mol. The highest BCUT2D eigenvalue weighted by Gasteiger charge is 2.05. The molecule has 2 N–H and O–H groups in total. The van der Waals surface area contributed by atoms with Crippen molar-refractivity contribution in [1.82, 2.24) is 9.78 Å². The molecule has 0 saturated carbocycles. The van der Waals surface area contributed by atoms with Crippen molar-refractivity contribution < 1.29 is 0 Å². The van der Waals surface area contributed by atoms with Crippen LogP contribution in [-0.2, 0) is 6.54 Å². The molecule has 0 aliphatic rings. The third-order valence-electron chi connectivity index (χ3n) is 2.22. The first-order valence-corrected chi connectivity index (χ1v) is 5.58. The van der Waals surface area contributed by atoms with Crippen molar-refractivity contribution in [3.63, 3.8) is 0 Å². The maximum atomic E-state index is 11.6. The molecule has 0 aliphatic carbocycles. The molecule has 0 aliphatic heterocycles. The fourth-order valence-electron chi connectivity index (χ4n) is 1.39. The number of anilines is 1. The number of rotatable bonds is 2. The van der Waals surface area contributed by atoms with E-state index in [0.717, 1.165) is 5.56 Å². The van der Waals surface area contributed by atoms with E-state index in [0.29, 0.717) is 15.7 Å². The van der Waals surface area contributed by atoms with Crippen LogP contribution in [0.3, 0.4) is 0 Å². The summed E-state index contributed by atoms with van der Waals surface area (Å²) in [6, 6.07) is 6.38. The molecule has 1 aromatic heterocycles. The molecule has 0 bridgehead atoms. The minimum atomic E-state index is -0.277. The first-order valence-electron chi connectivity index (χ1n) is 4.83. The van der Waals surface area contributed by atoms with E-state index in [-0.39, 0.29) is 12.1 Å². The Morgan fingerprint density at radius 1 is 1.29 bits per heavy atom. The summed E-state index contributed by atoms with van der Waals surface area (Å²) in [7, 11) is 0. The van der Waals surface area contributed by atoms with E-state index in [2.05, 4.69) is 5.10 Å². The lowest BCUT2D eigenvalue weighted by Crippen LogP contribution is -2.23.